The lowest BCUT2D eigenvalue weighted by molar-refractivity contribution is -0.679. The number of aryl methyl sites for hydroxylation is 2. The fourth-order valence-electron chi connectivity index (χ4n) is 2.84. The van der Waals surface area contributed by atoms with Crippen molar-refractivity contribution in [2.45, 2.75) is 25.8 Å². The highest BCUT2D eigenvalue weighted by Crippen LogP contribution is 2.31. The highest BCUT2D eigenvalue weighted by atomic mass is 32.1. The van der Waals surface area contributed by atoms with Crippen LogP contribution in [0, 0.1) is 0 Å². The average Bonchev–Trinajstić information content (AvgIpc) is 2.78. The molecule has 0 amide bonds. The van der Waals surface area contributed by atoms with Gasteiger partial charge in [0.15, 0.2) is 0 Å². The van der Waals surface area contributed by atoms with Crippen molar-refractivity contribution >= 4 is 32.3 Å². The van der Waals surface area contributed by atoms with Crippen LogP contribution in [0.2, 0.25) is 0 Å². The van der Waals surface area contributed by atoms with Gasteiger partial charge >= 0.3 is 0 Å². The second-order valence-corrected chi connectivity index (χ2v) is 5.82. The summed E-state index contributed by atoms with van der Waals surface area (Å²) in [5, 5.41) is 4.33. The summed E-state index contributed by atoms with van der Waals surface area (Å²) in [4.78, 5) is 0. The summed E-state index contributed by atoms with van der Waals surface area (Å²) in [6.45, 7) is 1.20. The van der Waals surface area contributed by atoms with Gasteiger partial charge in [-0.05, 0) is 17.9 Å². The maximum atomic E-state index is 2.52. The van der Waals surface area contributed by atoms with E-state index in [1.54, 1.807) is 5.01 Å². The number of hydrogen-bond donors (Lipinski definition) is 0. The van der Waals surface area contributed by atoms with E-state index in [4.69, 9.17) is 0 Å². The van der Waals surface area contributed by atoms with Crippen LogP contribution in [-0.2, 0) is 13.0 Å². The molecule has 1 nitrogen and oxygen atoms in total. The van der Waals surface area contributed by atoms with E-state index in [9.17, 15) is 0 Å². The molecule has 0 aliphatic carbocycles. The van der Waals surface area contributed by atoms with Gasteiger partial charge in [0.2, 0.25) is 10.5 Å². The predicted octanol–water partition coefficient (Wildman–Crippen LogP) is 3.68. The summed E-state index contributed by atoms with van der Waals surface area (Å²) >= 11 is 1.99. The van der Waals surface area contributed by atoms with E-state index in [0.717, 1.165) is 0 Å². The van der Waals surface area contributed by atoms with Gasteiger partial charge < -0.3 is 0 Å². The molecule has 0 fully saturated rings. The first kappa shape index (κ1) is 9.60. The second kappa shape index (κ2) is 3.54. The zero-order chi connectivity index (χ0) is 11.2. The molecule has 84 valence electrons. The zero-order valence-electron chi connectivity index (χ0n) is 9.65. The van der Waals surface area contributed by atoms with Crippen LogP contribution in [0.1, 0.15) is 17.8 Å². The molecule has 0 N–H and O–H groups in total. The van der Waals surface area contributed by atoms with Crippen LogP contribution < -0.4 is 4.57 Å². The minimum atomic E-state index is 1.20. The van der Waals surface area contributed by atoms with E-state index in [2.05, 4.69) is 41.0 Å². The molecule has 1 aliphatic rings. The quantitative estimate of drug-likeness (QED) is 0.528. The number of fused-ring (bicyclic) bond motifs is 5. The Balaban J connectivity index is 2.16. The van der Waals surface area contributed by atoms with Gasteiger partial charge in [-0.25, -0.2) is 0 Å². The van der Waals surface area contributed by atoms with Crippen LogP contribution in [0.5, 0.6) is 0 Å². The van der Waals surface area contributed by atoms with Crippen molar-refractivity contribution in [2.75, 3.05) is 0 Å². The van der Waals surface area contributed by atoms with Crippen LogP contribution in [-0.4, -0.2) is 0 Å². The minimum Gasteiger partial charge on any atom is -0.186 e. The number of benzene rings is 2. The Bertz CT molecular complexity index is 711. The van der Waals surface area contributed by atoms with Crippen molar-refractivity contribution in [3.63, 3.8) is 0 Å². The molecule has 1 aliphatic heterocycles. The third-order valence-corrected chi connectivity index (χ3v) is 4.99. The molecule has 0 spiro atoms. The van der Waals surface area contributed by atoms with Crippen LogP contribution >= 0.6 is 11.3 Å². The molecule has 0 saturated heterocycles. The topological polar surface area (TPSA) is 3.88 Å². The van der Waals surface area contributed by atoms with E-state index in [-0.39, 0.29) is 0 Å². The molecule has 0 atom stereocenters. The molecule has 0 bridgehead atoms. The number of thiazole rings is 1. The van der Waals surface area contributed by atoms with E-state index in [0.29, 0.717) is 0 Å². The van der Waals surface area contributed by atoms with Gasteiger partial charge in [0.25, 0.3) is 0 Å². The molecule has 4 rings (SSSR count). The lowest BCUT2D eigenvalue weighted by Crippen LogP contribution is -2.39. The first-order valence-electron chi connectivity index (χ1n) is 6.26. The summed E-state index contributed by atoms with van der Waals surface area (Å²) in [7, 11) is 0. The third kappa shape index (κ3) is 1.34. The number of aromatic nitrogens is 1. The third-order valence-electron chi connectivity index (χ3n) is 3.69. The summed E-state index contributed by atoms with van der Waals surface area (Å²) in [5.74, 6) is 0. The average molecular weight is 240 g/mol. The molecular formula is C15H14NS+. The lowest BCUT2D eigenvalue weighted by atomic mass is 10.1. The zero-order valence-corrected chi connectivity index (χ0v) is 10.5. The van der Waals surface area contributed by atoms with Crippen molar-refractivity contribution in [1.82, 2.24) is 0 Å². The molecular weight excluding hydrogens is 226 g/mol. The van der Waals surface area contributed by atoms with Gasteiger partial charge in [-0.1, -0.05) is 35.6 Å². The van der Waals surface area contributed by atoms with Gasteiger partial charge in [0.05, 0.1) is 0 Å². The summed E-state index contributed by atoms with van der Waals surface area (Å²) < 4.78 is 4.00. The Kier molecular flexibility index (Phi) is 2.00. The first-order valence-corrected chi connectivity index (χ1v) is 7.08. The predicted molar refractivity (Wildman–Crippen MR) is 72.5 cm³/mol. The van der Waals surface area contributed by atoms with E-state index >= 15 is 0 Å². The van der Waals surface area contributed by atoms with Crippen molar-refractivity contribution in [1.29, 1.82) is 0 Å². The van der Waals surface area contributed by atoms with Gasteiger partial charge in [-0.15, -0.1) is 0 Å². The monoisotopic (exact) mass is 240 g/mol. The maximum Gasteiger partial charge on any atom is 0.238 e. The minimum absolute atomic E-state index is 1.20. The Hall–Kier alpha value is -1.41. The first-order chi connectivity index (χ1) is 8.43. The Morgan fingerprint density at radius 1 is 1.00 bits per heavy atom. The number of rotatable bonds is 0. The van der Waals surface area contributed by atoms with Crippen molar-refractivity contribution in [3.8, 4) is 0 Å². The van der Waals surface area contributed by atoms with E-state index in [1.807, 2.05) is 11.3 Å². The van der Waals surface area contributed by atoms with E-state index < -0.39 is 0 Å². The molecule has 2 aromatic carbocycles. The highest BCUT2D eigenvalue weighted by molar-refractivity contribution is 7.19. The molecule has 1 aromatic heterocycles. The van der Waals surface area contributed by atoms with Crippen LogP contribution in [0.4, 0.5) is 0 Å². The van der Waals surface area contributed by atoms with Gasteiger partial charge in [-0.3, -0.25) is 0 Å². The molecule has 3 aromatic rings. The van der Waals surface area contributed by atoms with Crippen LogP contribution in [0.3, 0.4) is 0 Å². The SMILES string of the molecule is c1ccc2c(c1)ccc1c2sc2[n+]1CCCC2. The van der Waals surface area contributed by atoms with Gasteiger partial charge in [-0.2, -0.15) is 4.57 Å². The Morgan fingerprint density at radius 2 is 1.94 bits per heavy atom. The van der Waals surface area contributed by atoms with Crippen LogP contribution in [0.25, 0.3) is 21.0 Å². The molecule has 0 radical (unpaired) electrons. The van der Waals surface area contributed by atoms with Gasteiger partial charge in [0.1, 0.15) is 11.2 Å². The molecule has 2 heterocycles. The number of hydrogen-bond acceptors (Lipinski definition) is 1. The maximum absolute atomic E-state index is 2.52. The molecule has 17 heavy (non-hydrogen) atoms. The smallest absolute Gasteiger partial charge is 0.186 e. The van der Waals surface area contributed by atoms with Crippen molar-refractivity contribution < 1.29 is 4.57 Å². The molecule has 0 unspecified atom stereocenters. The summed E-state index contributed by atoms with van der Waals surface area (Å²) in [6, 6.07) is 13.3. The Labute approximate surface area is 104 Å². The van der Waals surface area contributed by atoms with Crippen molar-refractivity contribution in [3.05, 3.63) is 41.4 Å². The normalized spacial score (nSPS) is 15.3. The highest BCUT2D eigenvalue weighted by Gasteiger charge is 2.24. The molecule has 0 saturated carbocycles. The second-order valence-electron chi connectivity index (χ2n) is 4.74. The summed E-state index contributed by atoms with van der Waals surface area (Å²) in [5.41, 5.74) is 1.43. The fourth-order valence-corrected chi connectivity index (χ4v) is 4.20. The molecule has 2 heteroatoms. The van der Waals surface area contributed by atoms with Gasteiger partial charge in [0, 0.05) is 24.3 Å². The lowest BCUT2D eigenvalue weighted by Gasteiger charge is -2.04. The van der Waals surface area contributed by atoms with Crippen LogP contribution in [0.15, 0.2) is 36.4 Å². The number of nitrogens with zero attached hydrogens (tertiary/aromatic N) is 1. The summed E-state index contributed by atoms with van der Waals surface area (Å²) in [6.07, 6.45) is 3.94. The largest absolute Gasteiger partial charge is 0.238 e. The fraction of sp³-hybridized carbons (Fsp3) is 0.267. The Morgan fingerprint density at radius 3 is 2.94 bits per heavy atom. The standard InChI is InChI=1S/C15H14NS/c1-2-6-12-11(5-1)8-9-13-15(12)17-14-7-3-4-10-16(13)14/h1-2,5-6,8-9H,3-4,7,10H2/q+1. The van der Waals surface area contributed by atoms with E-state index in [1.165, 1.54) is 46.8 Å². The van der Waals surface area contributed by atoms with Crippen molar-refractivity contribution in [2.24, 2.45) is 0 Å².